The van der Waals surface area contributed by atoms with Crippen LogP contribution in [0.4, 0.5) is 5.69 Å². The molecule has 2 aliphatic rings. The molecule has 6 heteroatoms. The van der Waals surface area contributed by atoms with Gasteiger partial charge in [0, 0.05) is 18.2 Å². The van der Waals surface area contributed by atoms with Crippen molar-refractivity contribution >= 4 is 5.69 Å². The molecule has 3 rings (SSSR count). The van der Waals surface area contributed by atoms with Gasteiger partial charge in [0.05, 0.1) is 11.0 Å². The van der Waals surface area contributed by atoms with Crippen LogP contribution in [0.25, 0.3) is 0 Å². The maximum atomic E-state index is 11.2. The van der Waals surface area contributed by atoms with Gasteiger partial charge in [0.25, 0.3) is 5.69 Å². The third-order valence-corrected chi connectivity index (χ3v) is 3.96. The van der Waals surface area contributed by atoms with Gasteiger partial charge in [-0.2, -0.15) is 0 Å². The number of rotatable bonds is 4. The van der Waals surface area contributed by atoms with Gasteiger partial charge in [0.15, 0.2) is 11.5 Å². The van der Waals surface area contributed by atoms with Crippen molar-refractivity contribution in [3.63, 3.8) is 0 Å². The number of nitrogens with one attached hydrogen (secondary N) is 1. The minimum Gasteiger partial charge on any atom is -0.454 e. The normalized spacial score (nSPS) is 18.2. The smallest absolute Gasteiger partial charge is 0.277 e. The van der Waals surface area contributed by atoms with Crippen molar-refractivity contribution in [2.75, 3.05) is 6.79 Å². The monoisotopic (exact) mass is 278 g/mol. The lowest BCUT2D eigenvalue weighted by molar-refractivity contribution is -0.385. The van der Waals surface area contributed by atoms with Gasteiger partial charge in [-0.3, -0.25) is 10.1 Å². The van der Waals surface area contributed by atoms with E-state index < -0.39 is 0 Å². The van der Waals surface area contributed by atoms with E-state index in [1.807, 2.05) is 0 Å². The molecule has 1 N–H and O–H groups in total. The Labute approximate surface area is 117 Å². The molecular weight excluding hydrogens is 260 g/mol. The van der Waals surface area contributed by atoms with Gasteiger partial charge < -0.3 is 14.8 Å². The summed E-state index contributed by atoms with van der Waals surface area (Å²) in [6, 6.07) is 3.64. The summed E-state index contributed by atoms with van der Waals surface area (Å²) < 4.78 is 10.5. The number of ether oxygens (including phenoxy) is 2. The van der Waals surface area contributed by atoms with Gasteiger partial charge >= 0.3 is 0 Å². The molecule has 1 aliphatic heterocycles. The summed E-state index contributed by atoms with van der Waals surface area (Å²) in [5, 5.41) is 14.6. The van der Waals surface area contributed by atoms with Gasteiger partial charge in [-0.05, 0) is 18.9 Å². The van der Waals surface area contributed by atoms with Crippen molar-refractivity contribution < 1.29 is 14.4 Å². The molecule has 0 radical (unpaired) electrons. The van der Waals surface area contributed by atoms with Crippen LogP contribution >= 0.6 is 0 Å². The standard InChI is InChI=1S/C14H18N2O4/c17-16(18)12-7-14-13(19-9-20-14)6-10(12)8-15-11-4-2-1-3-5-11/h6-7,11,15H,1-5,8-9H2. The number of nitrogens with zero attached hydrogens (tertiary/aromatic N) is 1. The van der Waals surface area contributed by atoms with Crippen LogP contribution in [-0.2, 0) is 6.54 Å². The maximum Gasteiger partial charge on any atom is 0.277 e. The Morgan fingerprint density at radius 2 is 1.90 bits per heavy atom. The van der Waals surface area contributed by atoms with Crippen LogP contribution in [-0.4, -0.2) is 17.8 Å². The van der Waals surface area contributed by atoms with Crippen molar-refractivity contribution in [2.24, 2.45) is 0 Å². The van der Waals surface area contributed by atoms with Gasteiger partial charge in [-0.15, -0.1) is 0 Å². The molecule has 1 fully saturated rings. The molecule has 1 aliphatic carbocycles. The zero-order chi connectivity index (χ0) is 13.9. The molecule has 20 heavy (non-hydrogen) atoms. The fourth-order valence-electron chi connectivity index (χ4n) is 2.85. The Morgan fingerprint density at radius 3 is 2.60 bits per heavy atom. The Morgan fingerprint density at radius 1 is 1.20 bits per heavy atom. The van der Waals surface area contributed by atoms with E-state index in [1.165, 1.54) is 25.3 Å². The first-order valence-corrected chi connectivity index (χ1v) is 7.04. The average molecular weight is 278 g/mol. The zero-order valence-corrected chi connectivity index (χ0v) is 11.3. The number of hydrogen-bond acceptors (Lipinski definition) is 5. The van der Waals surface area contributed by atoms with Gasteiger partial charge in [-0.25, -0.2) is 0 Å². The van der Waals surface area contributed by atoms with E-state index in [0.29, 0.717) is 29.6 Å². The lowest BCUT2D eigenvalue weighted by Gasteiger charge is -2.22. The first kappa shape index (κ1) is 13.2. The summed E-state index contributed by atoms with van der Waals surface area (Å²) in [4.78, 5) is 10.8. The van der Waals surface area contributed by atoms with E-state index in [-0.39, 0.29) is 17.4 Å². The lowest BCUT2D eigenvalue weighted by Crippen LogP contribution is -2.30. The van der Waals surface area contributed by atoms with Crippen molar-refractivity contribution in [3.05, 3.63) is 27.8 Å². The molecule has 0 amide bonds. The lowest BCUT2D eigenvalue weighted by atomic mass is 9.95. The average Bonchev–Trinajstić information content (AvgIpc) is 2.92. The highest BCUT2D eigenvalue weighted by molar-refractivity contribution is 5.55. The van der Waals surface area contributed by atoms with Crippen LogP contribution in [0.5, 0.6) is 11.5 Å². The molecule has 1 aromatic rings. The number of benzene rings is 1. The first-order valence-electron chi connectivity index (χ1n) is 7.04. The van der Waals surface area contributed by atoms with Crippen LogP contribution in [0, 0.1) is 10.1 Å². The Bertz CT molecular complexity index is 512. The van der Waals surface area contributed by atoms with Gasteiger partial charge in [-0.1, -0.05) is 19.3 Å². The molecule has 1 aromatic carbocycles. The third kappa shape index (κ3) is 2.70. The molecule has 6 nitrogen and oxygen atoms in total. The van der Waals surface area contributed by atoms with Crippen molar-refractivity contribution in [2.45, 2.75) is 44.7 Å². The summed E-state index contributed by atoms with van der Waals surface area (Å²) in [5.74, 6) is 1.05. The van der Waals surface area contributed by atoms with E-state index in [2.05, 4.69) is 5.32 Å². The number of nitro groups is 1. The summed E-state index contributed by atoms with van der Waals surface area (Å²) in [5.41, 5.74) is 0.752. The van der Waals surface area contributed by atoms with E-state index in [4.69, 9.17) is 9.47 Å². The second-order valence-electron chi connectivity index (χ2n) is 5.31. The third-order valence-electron chi connectivity index (χ3n) is 3.96. The Hall–Kier alpha value is -1.82. The van der Waals surface area contributed by atoms with Gasteiger partial charge in [0.1, 0.15) is 0 Å². The predicted molar refractivity (Wildman–Crippen MR) is 72.9 cm³/mol. The van der Waals surface area contributed by atoms with Crippen LogP contribution in [0.3, 0.4) is 0 Å². The van der Waals surface area contributed by atoms with Crippen LogP contribution in [0.15, 0.2) is 12.1 Å². The zero-order valence-electron chi connectivity index (χ0n) is 11.3. The van der Waals surface area contributed by atoms with Crippen LogP contribution in [0.2, 0.25) is 0 Å². The summed E-state index contributed by atoms with van der Waals surface area (Å²) >= 11 is 0. The first-order chi connectivity index (χ1) is 9.74. The van der Waals surface area contributed by atoms with Crippen molar-refractivity contribution in [1.29, 1.82) is 0 Å². The van der Waals surface area contributed by atoms with E-state index in [1.54, 1.807) is 6.07 Å². The highest BCUT2D eigenvalue weighted by atomic mass is 16.7. The number of hydrogen-bond donors (Lipinski definition) is 1. The molecule has 0 saturated heterocycles. The minimum absolute atomic E-state index is 0.0950. The SMILES string of the molecule is O=[N+]([O-])c1cc2c(cc1CNC1CCCCC1)OCO2. The minimum atomic E-state index is -0.361. The molecule has 0 spiro atoms. The highest BCUT2D eigenvalue weighted by Crippen LogP contribution is 2.38. The maximum absolute atomic E-state index is 11.2. The van der Waals surface area contributed by atoms with Crippen LogP contribution < -0.4 is 14.8 Å². The number of nitro benzene ring substituents is 1. The van der Waals surface area contributed by atoms with Gasteiger partial charge in [0.2, 0.25) is 6.79 Å². The largest absolute Gasteiger partial charge is 0.454 e. The van der Waals surface area contributed by atoms with Crippen molar-refractivity contribution in [1.82, 2.24) is 5.32 Å². The van der Waals surface area contributed by atoms with E-state index >= 15 is 0 Å². The molecule has 0 aromatic heterocycles. The fraction of sp³-hybridized carbons (Fsp3) is 0.571. The van der Waals surface area contributed by atoms with Crippen molar-refractivity contribution in [3.8, 4) is 11.5 Å². The van der Waals surface area contributed by atoms with E-state index in [9.17, 15) is 10.1 Å². The Kier molecular flexibility index (Phi) is 3.73. The molecule has 0 unspecified atom stereocenters. The summed E-state index contributed by atoms with van der Waals surface area (Å²) in [7, 11) is 0. The second-order valence-corrected chi connectivity index (χ2v) is 5.31. The van der Waals surface area contributed by atoms with E-state index in [0.717, 1.165) is 12.8 Å². The number of fused-ring (bicyclic) bond motifs is 1. The second kappa shape index (κ2) is 5.66. The molecule has 0 bridgehead atoms. The molecule has 108 valence electrons. The molecule has 0 atom stereocenters. The molecular formula is C14H18N2O4. The fourth-order valence-corrected chi connectivity index (χ4v) is 2.85. The molecule has 1 saturated carbocycles. The van der Waals surface area contributed by atoms with Crippen LogP contribution in [0.1, 0.15) is 37.7 Å². The molecule has 1 heterocycles. The summed E-state index contributed by atoms with van der Waals surface area (Å²) in [6.07, 6.45) is 6.07. The quantitative estimate of drug-likeness (QED) is 0.677. The topological polar surface area (TPSA) is 73.6 Å². The predicted octanol–water partition coefficient (Wildman–Crippen LogP) is 2.75. The highest BCUT2D eigenvalue weighted by Gasteiger charge is 2.23. The Balaban J connectivity index is 1.75. The summed E-state index contributed by atoms with van der Waals surface area (Å²) in [6.45, 7) is 0.629.